The lowest BCUT2D eigenvalue weighted by molar-refractivity contribution is 0.175. The average Bonchev–Trinajstić information content (AvgIpc) is 2.07. The maximum Gasteiger partial charge on any atom is 0.0474 e. The monoisotopic (exact) mass is 175 g/mol. The number of hydrogen-bond donors (Lipinski definition) is 0. The second kappa shape index (κ2) is 5.86. The first-order chi connectivity index (χ1) is 5.43. The van der Waals surface area contributed by atoms with E-state index in [1.54, 1.807) is 7.11 Å². The minimum Gasteiger partial charge on any atom is -0.385 e. The zero-order valence-electron chi connectivity index (χ0n) is 7.21. The first-order valence-corrected chi connectivity index (χ1v) is 5.38. The molecule has 1 saturated heterocycles. The van der Waals surface area contributed by atoms with E-state index < -0.39 is 0 Å². The summed E-state index contributed by atoms with van der Waals surface area (Å²) in [6.07, 6.45) is 1.18. The number of rotatable bonds is 4. The van der Waals surface area contributed by atoms with Crippen molar-refractivity contribution in [1.82, 2.24) is 4.90 Å². The van der Waals surface area contributed by atoms with Crippen molar-refractivity contribution in [2.24, 2.45) is 0 Å². The molecule has 0 radical (unpaired) electrons. The summed E-state index contributed by atoms with van der Waals surface area (Å²) in [6.45, 7) is 4.67. The second-order valence-electron chi connectivity index (χ2n) is 2.80. The Morgan fingerprint density at radius 2 is 2.09 bits per heavy atom. The van der Waals surface area contributed by atoms with Gasteiger partial charge in [0.05, 0.1) is 0 Å². The normalized spacial score (nSPS) is 20.5. The van der Waals surface area contributed by atoms with Gasteiger partial charge >= 0.3 is 0 Å². The largest absolute Gasteiger partial charge is 0.385 e. The number of ether oxygens (including phenoxy) is 1. The zero-order chi connectivity index (χ0) is 7.94. The highest BCUT2D eigenvalue weighted by molar-refractivity contribution is 7.99. The Kier molecular flexibility index (Phi) is 4.99. The van der Waals surface area contributed by atoms with Crippen LogP contribution in [0, 0.1) is 0 Å². The van der Waals surface area contributed by atoms with Crippen LogP contribution in [-0.4, -0.2) is 49.8 Å². The highest BCUT2D eigenvalue weighted by Gasteiger charge is 2.08. The van der Waals surface area contributed by atoms with Gasteiger partial charge in [-0.3, -0.25) is 0 Å². The molecule has 1 aliphatic heterocycles. The molecule has 0 aromatic rings. The van der Waals surface area contributed by atoms with Crippen LogP contribution in [0.25, 0.3) is 0 Å². The topological polar surface area (TPSA) is 12.5 Å². The van der Waals surface area contributed by atoms with Crippen LogP contribution in [0.15, 0.2) is 0 Å². The van der Waals surface area contributed by atoms with Crippen molar-refractivity contribution in [3.63, 3.8) is 0 Å². The molecule has 1 heterocycles. The first-order valence-electron chi connectivity index (χ1n) is 4.22. The predicted octanol–water partition coefficient (Wildman–Crippen LogP) is 1.07. The van der Waals surface area contributed by atoms with Gasteiger partial charge in [-0.25, -0.2) is 0 Å². The van der Waals surface area contributed by atoms with Crippen LogP contribution in [0.5, 0.6) is 0 Å². The average molecular weight is 175 g/mol. The fourth-order valence-electron chi connectivity index (χ4n) is 1.26. The van der Waals surface area contributed by atoms with Gasteiger partial charge in [0.2, 0.25) is 0 Å². The second-order valence-corrected chi connectivity index (χ2v) is 4.03. The van der Waals surface area contributed by atoms with Gasteiger partial charge in [-0.2, -0.15) is 11.8 Å². The van der Waals surface area contributed by atoms with Crippen molar-refractivity contribution in [3.05, 3.63) is 0 Å². The van der Waals surface area contributed by atoms with E-state index in [1.807, 2.05) is 0 Å². The fraction of sp³-hybridized carbons (Fsp3) is 1.00. The quantitative estimate of drug-likeness (QED) is 0.593. The Hall–Kier alpha value is 0.270. The molecule has 0 aromatic carbocycles. The summed E-state index contributed by atoms with van der Waals surface area (Å²) < 4.78 is 5.00. The van der Waals surface area contributed by atoms with Crippen molar-refractivity contribution >= 4 is 11.8 Å². The third-order valence-corrected chi connectivity index (χ3v) is 2.87. The molecule has 11 heavy (non-hydrogen) atoms. The summed E-state index contributed by atoms with van der Waals surface area (Å²) in [5.41, 5.74) is 0. The van der Waals surface area contributed by atoms with Crippen LogP contribution in [0.2, 0.25) is 0 Å². The van der Waals surface area contributed by atoms with Crippen LogP contribution < -0.4 is 0 Å². The highest BCUT2D eigenvalue weighted by Crippen LogP contribution is 2.08. The van der Waals surface area contributed by atoms with Crippen molar-refractivity contribution in [2.75, 3.05) is 44.9 Å². The van der Waals surface area contributed by atoms with Gasteiger partial charge in [0.25, 0.3) is 0 Å². The predicted molar refractivity (Wildman–Crippen MR) is 50.3 cm³/mol. The van der Waals surface area contributed by atoms with Crippen LogP contribution in [0.4, 0.5) is 0 Å². The van der Waals surface area contributed by atoms with Gasteiger partial charge in [0, 0.05) is 44.9 Å². The summed E-state index contributed by atoms with van der Waals surface area (Å²) in [6, 6.07) is 0. The van der Waals surface area contributed by atoms with Crippen LogP contribution >= 0.6 is 11.8 Å². The smallest absolute Gasteiger partial charge is 0.0474 e. The molecule has 2 nitrogen and oxygen atoms in total. The Morgan fingerprint density at radius 1 is 1.36 bits per heavy atom. The van der Waals surface area contributed by atoms with Gasteiger partial charge in [-0.05, 0) is 6.42 Å². The molecule has 0 bridgehead atoms. The van der Waals surface area contributed by atoms with E-state index in [0.717, 1.165) is 6.61 Å². The molecule has 0 unspecified atom stereocenters. The molecule has 0 atom stereocenters. The number of hydrogen-bond acceptors (Lipinski definition) is 3. The van der Waals surface area contributed by atoms with E-state index in [9.17, 15) is 0 Å². The Morgan fingerprint density at radius 3 is 2.73 bits per heavy atom. The van der Waals surface area contributed by atoms with Gasteiger partial charge in [-0.15, -0.1) is 0 Å². The molecule has 1 aliphatic rings. The summed E-state index contributed by atoms with van der Waals surface area (Å²) in [4.78, 5) is 2.52. The number of nitrogens with zero attached hydrogens (tertiary/aromatic N) is 1. The first kappa shape index (κ1) is 9.36. The van der Waals surface area contributed by atoms with Gasteiger partial charge in [0.1, 0.15) is 0 Å². The lowest BCUT2D eigenvalue weighted by atomic mass is 10.4. The molecule has 0 amide bonds. The Bertz CT molecular complexity index is 94.1. The van der Waals surface area contributed by atoms with Crippen molar-refractivity contribution in [2.45, 2.75) is 6.42 Å². The maximum absolute atomic E-state index is 5.00. The SMILES string of the molecule is COCCCN1CCSCC1. The molecule has 0 saturated carbocycles. The van der Waals surface area contributed by atoms with Crippen molar-refractivity contribution in [1.29, 1.82) is 0 Å². The molecular formula is C8H17NOS. The third-order valence-electron chi connectivity index (χ3n) is 1.93. The lowest BCUT2D eigenvalue weighted by Crippen LogP contribution is -2.33. The zero-order valence-corrected chi connectivity index (χ0v) is 8.03. The minimum atomic E-state index is 0.906. The molecular weight excluding hydrogens is 158 g/mol. The Labute approximate surface area is 73.3 Å². The summed E-state index contributed by atoms with van der Waals surface area (Å²) in [7, 11) is 1.77. The highest BCUT2D eigenvalue weighted by atomic mass is 32.2. The molecule has 1 fully saturated rings. The third kappa shape index (κ3) is 3.99. The number of thioether (sulfide) groups is 1. The van der Waals surface area contributed by atoms with E-state index in [2.05, 4.69) is 16.7 Å². The molecule has 3 heteroatoms. The Balaban J connectivity index is 1.96. The molecule has 0 N–H and O–H groups in total. The summed E-state index contributed by atoms with van der Waals surface area (Å²) in [5, 5.41) is 0. The molecule has 1 rings (SSSR count). The van der Waals surface area contributed by atoms with Crippen LogP contribution in [-0.2, 0) is 4.74 Å². The lowest BCUT2D eigenvalue weighted by Gasteiger charge is -2.25. The van der Waals surface area contributed by atoms with Gasteiger partial charge in [-0.1, -0.05) is 0 Å². The van der Waals surface area contributed by atoms with Gasteiger partial charge in [0.15, 0.2) is 0 Å². The van der Waals surface area contributed by atoms with E-state index in [1.165, 1.54) is 37.6 Å². The van der Waals surface area contributed by atoms with E-state index >= 15 is 0 Å². The van der Waals surface area contributed by atoms with Crippen LogP contribution in [0.1, 0.15) is 6.42 Å². The van der Waals surface area contributed by atoms with E-state index in [4.69, 9.17) is 4.74 Å². The summed E-state index contributed by atoms with van der Waals surface area (Å²) in [5.74, 6) is 2.62. The molecule has 0 aromatic heterocycles. The molecule has 0 spiro atoms. The van der Waals surface area contributed by atoms with Crippen molar-refractivity contribution in [3.8, 4) is 0 Å². The maximum atomic E-state index is 5.00. The van der Waals surface area contributed by atoms with Crippen LogP contribution in [0.3, 0.4) is 0 Å². The fourth-order valence-corrected chi connectivity index (χ4v) is 2.24. The minimum absolute atomic E-state index is 0.906. The molecule has 66 valence electrons. The van der Waals surface area contributed by atoms with E-state index in [0.29, 0.717) is 0 Å². The van der Waals surface area contributed by atoms with E-state index in [-0.39, 0.29) is 0 Å². The number of methoxy groups -OCH3 is 1. The standard InChI is InChI=1S/C8H17NOS/c1-10-6-2-3-9-4-7-11-8-5-9/h2-8H2,1H3. The molecule has 0 aliphatic carbocycles. The van der Waals surface area contributed by atoms with Gasteiger partial charge < -0.3 is 9.64 Å². The van der Waals surface area contributed by atoms with Crippen molar-refractivity contribution < 1.29 is 4.74 Å². The summed E-state index contributed by atoms with van der Waals surface area (Å²) >= 11 is 2.06.